The maximum absolute atomic E-state index is 12.5. The second kappa shape index (κ2) is 6.12. The molecule has 2 atom stereocenters. The molecule has 0 radical (unpaired) electrons. The molecule has 0 bridgehead atoms. The van der Waals surface area contributed by atoms with Gasteiger partial charge in [0.25, 0.3) is 0 Å². The van der Waals surface area contributed by atoms with E-state index in [0.717, 1.165) is 17.5 Å². The van der Waals surface area contributed by atoms with Crippen LogP contribution in [-0.4, -0.2) is 28.1 Å². The van der Waals surface area contributed by atoms with Crippen molar-refractivity contribution >= 4 is 10.1 Å². The van der Waals surface area contributed by atoms with E-state index in [1.165, 1.54) is 20.3 Å². The first-order valence-electron chi connectivity index (χ1n) is 7.62. The summed E-state index contributed by atoms with van der Waals surface area (Å²) in [5.74, 6) is 0.941. The van der Waals surface area contributed by atoms with Gasteiger partial charge in [0.05, 0.1) is 14.2 Å². The average Bonchev–Trinajstić information content (AvgIpc) is 2.90. The lowest BCUT2D eigenvalue weighted by atomic mass is 9.83. The maximum atomic E-state index is 12.5. The van der Waals surface area contributed by atoms with E-state index >= 15 is 0 Å². The molecular weight excluding hydrogens is 361 g/mol. The molecule has 5 nitrogen and oxygen atoms in total. The Morgan fingerprint density at radius 1 is 1.16 bits per heavy atom. The zero-order chi connectivity index (χ0) is 18.4. The Labute approximate surface area is 143 Å². The van der Waals surface area contributed by atoms with Crippen molar-refractivity contribution in [2.45, 2.75) is 30.7 Å². The second-order valence-corrected chi connectivity index (χ2v) is 7.59. The largest absolute Gasteiger partial charge is 0.534 e. The Balaban J connectivity index is 1.96. The van der Waals surface area contributed by atoms with Crippen LogP contribution in [0, 0.1) is 5.92 Å². The fraction of sp³-hybridized carbons (Fsp3) is 0.500. The summed E-state index contributed by atoms with van der Waals surface area (Å²) in [6.07, 6.45) is 2.87. The number of alkyl halides is 3. The molecule has 0 spiro atoms. The van der Waals surface area contributed by atoms with Crippen molar-refractivity contribution < 1.29 is 35.2 Å². The van der Waals surface area contributed by atoms with Gasteiger partial charge in [0.2, 0.25) is 0 Å². The van der Waals surface area contributed by atoms with Crippen LogP contribution < -0.4 is 9.47 Å². The van der Waals surface area contributed by atoms with Gasteiger partial charge in [0.15, 0.2) is 0 Å². The summed E-state index contributed by atoms with van der Waals surface area (Å²) in [4.78, 5) is 0. The first-order valence-corrected chi connectivity index (χ1v) is 9.03. The minimum absolute atomic E-state index is 0.143. The summed E-state index contributed by atoms with van der Waals surface area (Å²) in [7, 11) is -2.61. The third kappa shape index (κ3) is 3.17. The predicted octanol–water partition coefficient (Wildman–Crippen LogP) is 3.50. The lowest BCUT2D eigenvalue weighted by molar-refractivity contribution is -0.0524. The minimum atomic E-state index is -5.65. The van der Waals surface area contributed by atoms with Crippen molar-refractivity contribution in [1.29, 1.82) is 0 Å². The molecule has 0 aliphatic heterocycles. The number of hydrogen-bond donors (Lipinski definition) is 0. The lowest BCUT2D eigenvalue weighted by Crippen LogP contribution is -2.26. The molecule has 0 amide bonds. The van der Waals surface area contributed by atoms with Crippen molar-refractivity contribution in [3.8, 4) is 11.5 Å². The van der Waals surface area contributed by atoms with Gasteiger partial charge in [-0.2, -0.15) is 21.6 Å². The van der Waals surface area contributed by atoms with Gasteiger partial charge >= 0.3 is 15.6 Å². The quantitative estimate of drug-likeness (QED) is 0.593. The molecular formula is C16H17F3O5S. The van der Waals surface area contributed by atoms with Gasteiger partial charge in [-0.1, -0.05) is 0 Å². The van der Waals surface area contributed by atoms with Gasteiger partial charge in [0, 0.05) is 24.0 Å². The summed E-state index contributed by atoms with van der Waals surface area (Å²) in [6.45, 7) is 0. The minimum Gasteiger partial charge on any atom is -0.497 e. The lowest BCUT2D eigenvalue weighted by Gasteiger charge is -2.25. The third-order valence-electron chi connectivity index (χ3n) is 4.61. The highest BCUT2D eigenvalue weighted by atomic mass is 32.2. The van der Waals surface area contributed by atoms with Gasteiger partial charge in [0.1, 0.15) is 17.3 Å². The van der Waals surface area contributed by atoms with Crippen LogP contribution in [0.4, 0.5) is 13.2 Å². The summed E-state index contributed by atoms with van der Waals surface area (Å²) < 4.78 is 75.0. The van der Waals surface area contributed by atoms with Crippen molar-refractivity contribution in [2.75, 3.05) is 14.2 Å². The van der Waals surface area contributed by atoms with Gasteiger partial charge in [-0.15, -0.1) is 0 Å². The maximum Gasteiger partial charge on any atom is 0.534 e. The van der Waals surface area contributed by atoms with E-state index in [1.807, 2.05) is 6.07 Å². The van der Waals surface area contributed by atoms with Crippen molar-refractivity contribution in [1.82, 2.24) is 0 Å². The van der Waals surface area contributed by atoms with Gasteiger partial charge in [-0.25, -0.2) is 0 Å². The first kappa shape index (κ1) is 17.9. The summed E-state index contributed by atoms with van der Waals surface area (Å²) in [5.41, 5.74) is -3.61. The smallest absolute Gasteiger partial charge is 0.497 e. The number of rotatable bonds is 4. The molecule has 2 aliphatic carbocycles. The molecule has 2 aliphatic rings. The van der Waals surface area contributed by atoms with E-state index in [0.29, 0.717) is 17.9 Å². The van der Waals surface area contributed by atoms with E-state index in [-0.39, 0.29) is 24.0 Å². The summed E-state index contributed by atoms with van der Waals surface area (Å²) in [6, 6.07) is 3.58. The van der Waals surface area contributed by atoms with Crippen LogP contribution in [0.15, 0.2) is 24.0 Å². The number of halogens is 3. The number of benzene rings is 1. The molecule has 9 heteroatoms. The molecule has 0 saturated heterocycles. The van der Waals surface area contributed by atoms with E-state index in [4.69, 9.17) is 9.47 Å². The fourth-order valence-corrected chi connectivity index (χ4v) is 4.02. The SMILES string of the molecule is COc1cc2c(c(OC)c1)[C@H]1C=C(OS(=O)(=O)C(F)(F)F)CC[C@H]1C2. The van der Waals surface area contributed by atoms with Crippen molar-refractivity contribution in [2.24, 2.45) is 5.92 Å². The Morgan fingerprint density at radius 3 is 2.48 bits per heavy atom. The highest BCUT2D eigenvalue weighted by Crippen LogP contribution is 2.50. The molecule has 0 aromatic heterocycles. The number of methoxy groups -OCH3 is 2. The average molecular weight is 378 g/mol. The molecule has 3 rings (SSSR count). The molecule has 0 saturated carbocycles. The van der Waals surface area contributed by atoms with E-state index in [1.54, 1.807) is 6.07 Å². The first-order chi connectivity index (χ1) is 11.7. The molecule has 0 fully saturated rings. The summed E-state index contributed by atoms with van der Waals surface area (Å²) in [5, 5.41) is 0. The van der Waals surface area contributed by atoms with Crippen molar-refractivity contribution in [3.63, 3.8) is 0 Å². The van der Waals surface area contributed by atoms with Gasteiger partial charge in [-0.3, -0.25) is 0 Å². The van der Waals surface area contributed by atoms with Crippen LogP contribution in [0.5, 0.6) is 11.5 Å². The second-order valence-electron chi connectivity index (χ2n) is 6.05. The standard InChI is InChI=1S/C16H17F3O5S/c1-22-12-6-10-5-9-3-4-11(24-25(20,21)16(17,18)19)7-13(9)15(10)14(8-12)23-2/h6-9,13H,3-5H2,1-2H3/t9-,13-/m0/s1. The third-order valence-corrected chi connectivity index (χ3v) is 5.61. The number of ether oxygens (including phenoxy) is 2. The highest BCUT2D eigenvalue weighted by molar-refractivity contribution is 7.87. The van der Waals surface area contributed by atoms with E-state index in [2.05, 4.69) is 4.18 Å². The van der Waals surface area contributed by atoms with Crippen LogP contribution in [-0.2, 0) is 20.7 Å². The van der Waals surface area contributed by atoms with Crippen LogP contribution in [0.3, 0.4) is 0 Å². The zero-order valence-corrected chi connectivity index (χ0v) is 14.4. The molecule has 138 valence electrons. The van der Waals surface area contributed by atoms with Crippen LogP contribution >= 0.6 is 0 Å². The molecule has 1 aromatic rings. The number of hydrogen-bond acceptors (Lipinski definition) is 5. The van der Waals surface area contributed by atoms with Crippen LogP contribution in [0.2, 0.25) is 0 Å². The molecule has 0 N–H and O–H groups in total. The number of fused-ring (bicyclic) bond motifs is 3. The molecule has 1 aromatic carbocycles. The number of allylic oxidation sites excluding steroid dienone is 2. The monoisotopic (exact) mass is 378 g/mol. The predicted molar refractivity (Wildman–Crippen MR) is 82.9 cm³/mol. The van der Waals surface area contributed by atoms with Gasteiger partial charge in [-0.05, 0) is 36.5 Å². The Morgan fingerprint density at radius 2 is 1.88 bits per heavy atom. The zero-order valence-electron chi connectivity index (χ0n) is 13.6. The van der Waals surface area contributed by atoms with E-state index < -0.39 is 15.6 Å². The summed E-state index contributed by atoms with van der Waals surface area (Å²) >= 11 is 0. The van der Waals surface area contributed by atoms with E-state index in [9.17, 15) is 21.6 Å². The Bertz CT molecular complexity index is 814. The normalized spacial score (nSPS) is 22.7. The fourth-order valence-electron chi connectivity index (χ4n) is 3.51. The Kier molecular flexibility index (Phi) is 4.38. The topological polar surface area (TPSA) is 61.8 Å². The van der Waals surface area contributed by atoms with Crippen LogP contribution in [0.1, 0.15) is 29.9 Å². The Hall–Kier alpha value is -1.90. The van der Waals surface area contributed by atoms with Gasteiger partial charge < -0.3 is 13.7 Å². The molecule has 0 heterocycles. The molecule has 0 unspecified atom stereocenters. The molecule has 25 heavy (non-hydrogen) atoms. The highest BCUT2D eigenvalue weighted by Gasteiger charge is 2.49. The van der Waals surface area contributed by atoms with Crippen LogP contribution in [0.25, 0.3) is 0 Å². The van der Waals surface area contributed by atoms with Crippen molar-refractivity contribution in [3.05, 3.63) is 35.1 Å².